The predicted molar refractivity (Wildman–Crippen MR) is 119 cm³/mol. The molecule has 0 bridgehead atoms. The number of ether oxygens (including phenoxy) is 2. The Kier molecular flexibility index (Phi) is 10.7. The van der Waals surface area contributed by atoms with E-state index in [-0.39, 0.29) is 30.1 Å². The van der Waals surface area contributed by atoms with Crippen molar-refractivity contribution in [2.45, 2.75) is 53.0 Å². The van der Waals surface area contributed by atoms with E-state index in [4.69, 9.17) is 15.2 Å². The van der Waals surface area contributed by atoms with Crippen molar-refractivity contribution < 1.29 is 19.1 Å². The van der Waals surface area contributed by atoms with Gasteiger partial charge in [-0.1, -0.05) is 40.2 Å². The number of guanidine groups is 1. The van der Waals surface area contributed by atoms with E-state index in [0.29, 0.717) is 30.4 Å². The second kappa shape index (κ2) is 12.7. The molecule has 0 aliphatic carbocycles. The van der Waals surface area contributed by atoms with Gasteiger partial charge in [-0.25, -0.2) is 4.99 Å². The summed E-state index contributed by atoms with van der Waals surface area (Å²) in [6.07, 6.45) is 1.61. The van der Waals surface area contributed by atoms with Gasteiger partial charge in [-0.2, -0.15) is 0 Å². The number of methoxy groups -OCH3 is 2. The van der Waals surface area contributed by atoms with Gasteiger partial charge < -0.3 is 20.5 Å². The molecule has 0 saturated carbocycles. The molecule has 1 aromatic carbocycles. The molecule has 0 aliphatic rings. The number of benzene rings is 1. The minimum absolute atomic E-state index is 0.0650. The summed E-state index contributed by atoms with van der Waals surface area (Å²) in [5.74, 6) is 1.19. The van der Waals surface area contributed by atoms with Crippen LogP contribution in [0.2, 0.25) is 0 Å². The smallest absolute Gasteiger partial charge is 0.244 e. The average Bonchev–Trinajstić information content (AvgIpc) is 2.70. The summed E-state index contributed by atoms with van der Waals surface area (Å²) in [6, 6.07) is 4.60. The average molecular weight is 421 g/mol. The predicted octanol–water partition coefficient (Wildman–Crippen LogP) is 2.25. The van der Waals surface area contributed by atoms with Gasteiger partial charge in [0.15, 0.2) is 17.5 Å². The van der Waals surface area contributed by atoms with Gasteiger partial charge in [0.25, 0.3) is 0 Å². The van der Waals surface area contributed by atoms with Crippen LogP contribution in [0.25, 0.3) is 0 Å². The number of amides is 2. The van der Waals surface area contributed by atoms with Gasteiger partial charge in [-0.3, -0.25) is 14.9 Å². The number of hydrogen-bond donors (Lipinski definition) is 3. The topological polar surface area (TPSA) is 115 Å². The first kappa shape index (κ1) is 25.3. The second-order valence-electron chi connectivity index (χ2n) is 7.83. The van der Waals surface area contributed by atoms with Crippen LogP contribution in [0.5, 0.6) is 11.5 Å². The molecule has 8 heteroatoms. The maximum atomic E-state index is 12.5. The quantitative estimate of drug-likeness (QED) is 0.375. The van der Waals surface area contributed by atoms with Crippen LogP contribution in [0.4, 0.5) is 0 Å². The lowest BCUT2D eigenvalue weighted by Crippen LogP contribution is -2.42. The third-order valence-corrected chi connectivity index (χ3v) is 4.69. The molecule has 2 amide bonds. The van der Waals surface area contributed by atoms with Crippen LogP contribution < -0.4 is 25.8 Å². The lowest BCUT2D eigenvalue weighted by molar-refractivity contribution is -0.123. The molecule has 2 unspecified atom stereocenters. The molecule has 0 fully saturated rings. The molecular weight excluding hydrogens is 384 g/mol. The van der Waals surface area contributed by atoms with Crippen LogP contribution >= 0.6 is 0 Å². The third-order valence-electron chi connectivity index (χ3n) is 4.69. The van der Waals surface area contributed by atoms with Crippen molar-refractivity contribution >= 4 is 17.8 Å². The number of nitrogens with two attached hydrogens (primary N) is 1. The Bertz CT molecular complexity index is 734. The van der Waals surface area contributed by atoms with Crippen LogP contribution in [-0.2, 0) is 16.0 Å². The Labute approximate surface area is 179 Å². The van der Waals surface area contributed by atoms with E-state index in [1.807, 2.05) is 13.8 Å². The standard InChI is InChI=1S/C22H36N4O4/c1-7-15(4)13-24-21(28)17(10-14(2)3)25-22(23)26-20(27)12-16-8-9-18(29-5)19(11-16)30-6/h8-9,11,14-15,17H,7,10,12-13H2,1-6H3,(H,24,28)(H3,23,25,26,27). The van der Waals surface area contributed by atoms with Crippen LogP contribution in [0, 0.1) is 11.8 Å². The first-order valence-electron chi connectivity index (χ1n) is 10.3. The molecule has 2 atom stereocenters. The minimum Gasteiger partial charge on any atom is -0.493 e. The Morgan fingerprint density at radius 3 is 2.37 bits per heavy atom. The Morgan fingerprint density at radius 2 is 1.80 bits per heavy atom. The van der Waals surface area contributed by atoms with Crippen LogP contribution in [0.15, 0.2) is 23.2 Å². The molecular formula is C22H36N4O4. The van der Waals surface area contributed by atoms with Crippen molar-refractivity contribution in [1.82, 2.24) is 10.6 Å². The number of nitrogens with one attached hydrogen (secondary N) is 2. The summed E-state index contributed by atoms with van der Waals surface area (Å²) >= 11 is 0. The molecule has 1 rings (SSSR count). The van der Waals surface area contributed by atoms with Crippen molar-refractivity contribution in [2.75, 3.05) is 20.8 Å². The molecule has 168 valence electrons. The summed E-state index contributed by atoms with van der Waals surface area (Å²) < 4.78 is 10.5. The number of carbonyl (C=O) groups is 2. The fourth-order valence-corrected chi connectivity index (χ4v) is 2.77. The number of rotatable bonds is 11. The molecule has 30 heavy (non-hydrogen) atoms. The monoisotopic (exact) mass is 420 g/mol. The van der Waals surface area contributed by atoms with Gasteiger partial charge in [-0.05, 0) is 36.0 Å². The van der Waals surface area contributed by atoms with Gasteiger partial charge in [0.1, 0.15) is 6.04 Å². The summed E-state index contributed by atoms with van der Waals surface area (Å²) in [4.78, 5) is 29.2. The molecule has 0 aromatic heterocycles. The van der Waals surface area contributed by atoms with Gasteiger partial charge in [0, 0.05) is 6.54 Å². The molecule has 0 saturated heterocycles. The van der Waals surface area contributed by atoms with Gasteiger partial charge in [-0.15, -0.1) is 0 Å². The number of nitrogens with zero attached hydrogens (tertiary/aromatic N) is 1. The first-order valence-corrected chi connectivity index (χ1v) is 10.3. The zero-order valence-electron chi connectivity index (χ0n) is 19.0. The third kappa shape index (κ3) is 8.71. The first-order chi connectivity index (χ1) is 14.2. The van der Waals surface area contributed by atoms with Crippen LogP contribution in [0.3, 0.4) is 0 Å². The zero-order valence-corrected chi connectivity index (χ0v) is 19.0. The zero-order chi connectivity index (χ0) is 22.7. The summed E-state index contributed by atoms with van der Waals surface area (Å²) in [5.41, 5.74) is 6.66. The molecule has 0 radical (unpaired) electrons. The normalized spacial score (nSPS) is 13.5. The summed E-state index contributed by atoms with van der Waals surface area (Å²) in [6.45, 7) is 8.76. The highest BCUT2D eigenvalue weighted by atomic mass is 16.5. The van der Waals surface area contributed by atoms with Crippen molar-refractivity contribution in [2.24, 2.45) is 22.6 Å². The van der Waals surface area contributed by atoms with Crippen molar-refractivity contribution in [3.05, 3.63) is 23.8 Å². The second-order valence-corrected chi connectivity index (χ2v) is 7.83. The Morgan fingerprint density at radius 1 is 1.13 bits per heavy atom. The summed E-state index contributed by atoms with van der Waals surface area (Å²) in [7, 11) is 3.08. The van der Waals surface area contributed by atoms with E-state index in [9.17, 15) is 9.59 Å². The highest BCUT2D eigenvalue weighted by Gasteiger charge is 2.20. The highest BCUT2D eigenvalue weighted by Crippen LogP contribution is 2.27. The Balaban J connectivity index is 2.78. The fraction of sp³-hybridized carbons (Fsp3) is 0.591. The van der Waals surface area contributed by atoms with E-state index in [2.05, 4.69) is 29.5 Å². The highest BCUT2D eigenvalue weighted by molar-refractivity contribution is 5.98. The molecule has 1 aromatic rings. The van der Waals surface area contributed by atoms with Gasteiger partial charge in [0.05, 0.1) is 20.6 Å². The van der Waals surface area contributed by atoms with Gasteiger partial charge >= 0.3 is 0 Å². The molecule has 0 heterocycles. The molecule has 4 N–H and O–H groups in total. The number of hydrogen-bond acceptors (Lipinski definition) is 5. The van der Waals surface area contributed by atoms with E-state index < -0.39 is 6.04 Å². The van der Waals surface area contributed by atoms with E-state index >= 15 is 0 Å². The van der Waals surface area contributed by atoms with Crippen molar-refractivity contribution in [1.29, 1.82) is 0 Å². The van der Waals surface area contributed by atoms with Crippen LogP contribution in [-0.4, -0.2) is 44.6 Å². The summed E-state index contributed by atoms with van der Waals surface area (Å²) in [5, 5.41) is 5.49. The van der Waals surface area contributed by atoms with Crippen molar-refractivity contribution in [3.63, 3.8) is 0 Å². The largest absolute Gasteiger partial charge is 0.493 e. The molecule has 0 spiro atoms. The fourth-order valence-electron chi connectivity index (χ4n) is 2.77. The number of aliphatic imine (C=N–C) groups is 1. The maximum Gasteiger partial charge on any atom is 0.244 e. The Hall–Kier alpha value is -2.77. The molecule has 0 aliphatic heterocycles. The number of carbonyl (C=O) groups excluding carboxylic acids is 2. The van der Waals surface area contributed by atoms with Crippen LogP contribution in [0.1, 0.15) is 46.1 Å². The van der Waals surface area contributed by atoms with Crippen molar-refractivity contribution in [3.8, 4) is 11.5 Å². The van der Waals surface area contributed by atoms with E-state index in [0.717, 1.165) is 12.0 Å². The molecule has 8 nitrogen and oxygen atoms in total. The maximum absolute atomic E-state index is 12.5. The lowest BCUT2D eigenvalue weighted by atomic mass is 10.0. The lowest BCUT2D eigenvalue weighted by Gasteiger charge is -2.17. The van der Waals surface area contributed by atoms with E-state index in [1.54, 1.807) is 25.3 Å². The minimum atomic E-state index is -0.643. The SMILES string of the molecule is CCC(C)CNC(=O)C(CC(C)C)N=C(N)NC(=O)Cc1ccc(OC)c(OC)c1. The van der Waals surface area contributed by atoms with E-state index in [1.165, 1.54) is 7.11 Å². The van der Waals surface area contributed by atoms with Gasteiger partial charge in [0.2, 0.25) is 11.8 Å².